The molecule has 0 rings (SSSR count). The van der Waals surface area contributed by atoms with Crippen molar-refractivity contribution in [2.24, 2.45) is 0 Å². The lowest BCUT2D eigenvalue weighted by atomic mass is 10.3. The maximum absolute atomic E-state index is 10.0. The van der Waals surface area contributed by atoms with Gasteiger partial charge < -0.3 is 5.11 Å². The lowest BCUT2D eigenvalue weighted by molar-refractivity contribution is -0.135. The molecule has 0 spiro atoms. The van der Waals surface area contributed by atoms with Crippen LogP contribution in [0.5, 0.6) is 0 Å². The number of aliphatic carboxylic acids is 1. The topological polar surface area (TPSA) is 37.3 Å². The summed E-state index contributed by atoms with van der Waals surface area (Å²) in [4.78, 5) is 10.0. The number of rotatable bonds is 5. The molecule has 0 aliphatic carbocycles. The first-order valence-electron chi connectivity index (χ1n) is 3.97. The highest BCUT2D eigenvalue weighted by atomic mass is 16.4. The third-order valence-electron chi connectivity index (χ3n) is 1.13. The molecule has 0 fully saturated rings. The lowest BCUT2D eigenvalue weighted by Crippen LogP contribution is -1.89. The van der Waals surface area contributed by atoms with E-state index < -0.39 is 5.97 Å². The fourth-order valence-electron chi connectivity index (χ4n) is 0.590. The fraction of sp³-hybridized carbons (Fsp3) is 0.300. The maximum Gasteiger partial charge on any atom is 0.307 e. The van der Waals surface area contributed by atoms with Gasteiger partial charge in [-0.2, -0.15) is 0 Å². The molecule has 0 aromatic heterocycles. The average molecular weight is 166 g/mol. The summed E-state index contributed by atoms with van der Waals surface area (Å²) in [7, 11) is 0. The Bertz CT molecular complexity index is 200. The van der Waals surface area contributed by atoms with Gasteiger partial charge in [-0.3, -0.25) is 4.79 Å². The number of allylic oxidation sites excluding steroid dienone is 5. The van der Waals surface area contributed by atoms with Crippen LogP contribution in [0.2, 0.25) is 0 Å². The largest absolute Gasteiger partial charge is 0.481 e. The van der Waals surface area contributed by atoms with Gasteiger partial charge in [0.25, 0.3) is 0 Å². The van der Waals surface area contributed by atoms with Gasteiger partial charge in [0.2, 0.25) is 0 Å². The number of carbonyl (C=O) groups is 1. The van der Waals surface area contributed by atoms with Crippen molar-refractivity contribution < 1.29 is 9.90 Å². The molecule has 1 N–H and O–H groups in total. The third kappa shape index (κ3) is 8.69. The monoisotopic (exact) mass is 166 g/mol. The van der Waals surface area contributed by atoms with Crippen LogP contribution in [0.4, 0.5) is 0 Å². The van der Waals surface area contributed by atoms with Crippen LogP contribution in [0.3, 0.4) is 0 Å². The zero-order valence-corrected chi connectivity index (χ0v) is 7.23. The van der Waals surface area contributed by atoms with Crippen molar-refractivity contribution in [3.8, 4) is 0 Å². The smallest absolute Gasteiger partial charge is 0.307 e. The van der Waals surface area contributed by atoms with E-state index in [-0.39, 0.29) is 6.42 Å². The minimum absolute atomic E-state index is 0.0852. The van der Waals surface area contributed by atoms with E-state index in [1.807, 2.05) is 24.3 Å². The SMILES string of the molecule is CC/C=C/C=C\C=C\CC(=O)O. The van der Waals surface area contributed by atoms with Crippen molar-refractivity contribution in [2.45, 2.75) is 19.8 Å². The molecule has 0 aromatic rings. The van der Waals surface area contributed by atoms with Crippen molar-refractivity contribution in [2.75, 3.05) is 0 Å². The van der Waals surface area contributed by atoms with Crippen LogP contribution in [-0.2, 0) is 4.79 Å². The summed E-state index contributed by atoms with van der Waals surface area (Å²) >= 11 is 0. The summed E-state index contributed by atoms with van der Waals surface area (Å²) in [5.74, 6) is -0.802. The van der Waals surface area contributed by atoms with Crippen LogP contribution in [0, 0.1) is 0 Å². The molecule has 0 radical (unpaired) electrons. The molecule has 0 unspecified atom stereocenters. The third-order valence-corrected chi connectivity index (χ3v) is 1.13. The van der Waals surface area contributed by atoms with Gasteiger partial charge in [-0.25, -0.2) is 0 Å². The van der Waals surface area contributed by atoms with Gasteiger partial charge in [0.05, 0.1) is 6.42 Å². The van der Waals surface area contributed by atoms with E-state index in [1.54, 1.807) is 12.2 Å². The van der Waals surface area contributed by atoms with Crippen molar-refractivity contribution >= 4 is 5.97 Å². The molecule has 0 saturated carbocycles. The highest BCUT2D eigenvalue weighted by molar-refractivity contribution is 5.68. The first kappa shape index (κ1) is 10.7. The van der Waals surface area contributed by atoms with Crippen LogP contribution in [0.15, 0.2) is 36.5 Å². The second-order valence-corrected chi connectivity index (χ2v) is 2.25. The second-order valence-electron chi connectivity index (χ2n) is 2.25. The molecule has 2 heteroatoms. The number of carboxylic acid groups (broad SMARTS) is 1. The van der Waals surface area contributed by atoms with Crippen molar-refractivity contribution in [1.82, 2.24) is 0 Å². The first-order chi connectivity index (χ1) is 5.77. The van der Waals surface area contributed by atoms with Gasteiger partial charge in [-0.05, 0) is 6.42 Å². The molecule has 0 aliphatic rings. The van der Waals surface area contributed by atoms with E-state index in [0.717, 1.165) is 6.42 Å². The lowest BCUT2D eigenvalue weighted by Gasteiger charge is -1.79. The van der Waals surface area contributed by atoms with Gasteiger partial charge in [0.15, 0.2) is 0 Å². The average Bonchev–Trinajstić information content (AvgIpc) is 2.02. The summed E-state index contributed by atoms with van der Waals surface area (Å²) in [6.45, 7) is 2.06. The molecular weight excluding hydrogens is 152 g/mol. The summed E-state index contributed by atoms with van der Waals surface area (Å²) in [6, 6.07) is 0. The van der Waals surface area contributed by atoms with E-state index in [2.05, 4.69) is 6.92 Å². The Morgan fingerprint density at radius 2 is 1.75 bits per heavy atom. The number of carboxylic acids is 1. The molecule has 2 nitrogen and oxygen atoms in total. The number of hydrogen-bond acceptors (Lipinski definition) is 1. The minimum atomic E-state index is -0.802. The van der Waals surface area contributed by atoms with Gasteiger partial charge in [0, 0.05) is 0 Å². The van der Waals surface area contributed by atoms with Crippen LogP contribution < -0.4 is 0 Å². The molecule has 0 bridgehead atoms. The highest BCUT2D eigenvalue weighted by Crippen LogP contribution is 1.86. The highest BCUT2D eigenvalue weighted by Gasteiger charge is 1.86. The van der Waals surface area contributed by atoms with Gasteiger partial charge in [-0.15, -0.1) is 0 Å². The van der Waals surface area contributed by atoms with E-state index in [0.29, 0.717) is 0 Å². The zero-order chi connectivity index (χ0) is 9.23. The quantitative estimate of drug-likeness (QED) is 0.637. The van der Waals surface area contributed by atoms with Gasteiger partial charge in [0.1, 0.15) is 0 Å². The molecule has 0 aromatic carbocycles. The maximum atomic E-state index is 10.0. The summed E-state index contributed by atoms with van der Waals surface area (Å²) in [6.07, 6.45) is 12.1. The van der Waals surface area contributed by atoms with E-state index >= 15 is 0 Å². The fourth-order valence-corrected chi connectivity index (χ4v) is 0.590. The van der Waals surface area contributed by atoms with Gasteiger partial charge in [-0.1, -0.05) is 43.4 Å². The van der Waals surface area contributed by atoms with Crippen LogP contribution >= 0.6 is 0 Å². The standard InChI is InChI=1S/C10H14O2/c1-2-3-4-5-6-7-8-9-10(11)12/h3-8H,2,9H2,1H3,(H,11,12)/b4-3+,6-5-,8-7+. The van der Waals surface area contributed by atoms with Crippen LogP contribution in [0.1, 0.15) is 19.8 Å². The molecule has 0 heterocycles. The Morgan fingerprint density at radius 1 is 1.17 bits per heavy atom. The zero-order valence-electron chi connectivity index (χ0n) is 7.23. The molecule has 0 saturated heterocycles. The second kappa shape index (κ2) is 7.79. The van der Waals surface area contributed by atoms with Crippen LogP contribution in [-0.4, -0.2) is 11.1 Å². The predicted molar refractivity (Wildman–Crippen MR) is 50.0 cm³/mol. The van der Waals surface area contributed by atoms with Crippen molar-refractivity contribution in [3.05, 3.63) is 36.5 Å². The molecule has 66 valence electrons. The Morgan fingerprint density at radius 3 is 2.25 bits per heavy atom. The van der Waals surface area contributed by atoms with Gasteiger partial charge >= 0.3 is 5.97 Å². The van der Waals surface area contributed by atoms with E-state index in [1.165, 1.54) is 0 Å². The van der Waals surface area contributed by atoms with Crippen molar-refractivity contribution in [1.29, 1.82) is 0 Å². The first-order valence-corrected chi connectivity index (χ1v) is 3.97. The Kier molecular flexibility index (Phi) is 6.94. The minimum Gasteiger partial charge on any atom is -0.481 e. The predicted octanol–water partition coefficient (Wildman–Crippen LogP) is 2.54. The number of hydrogen-bond donors (Lipinski definition) is 1. The summed E-state index contributed by atoms with van der Waals surface area (Å²) < 4.78 is 0. The molecular formula is C10H14O2. The Balaban J connectivity index is 3.52. The Hall–Kier alpha value is -1.31. The molecule has 0 atom stereocenters. The summed E-state index contributed by atoms with van der Waals surface area (Å²) in [5.41, 5.74) is 0. The normalized spacial score (nSPS) is 12.1. The van der Waals surface area contributed by atoms with E-state index in [9.17, 15) is 4.79 Å². The summed E-state index contributed by atoms with van der Waals surface area (Å²) in [5, 5.41) is 8.26. The molecule has 0 aliphatic heterocycles. The van der Waals surface area contributed by atoms with E-state index in [4.69, 9.17) is 5.11 Å². The van der Waals surface area contributed by atoms with Crippen molar-refractivity contribution in [3.63, 3.8) is 0 Å². The molecule has 0 amide bonds. The Labute approximate surface area is 72.9 Å². The molecule has 12 heavy (non-hydrogen) atoms. The van der Waals surface area contributed by atoms with Crippen LogP contribution in [0.25, 0.3) is 0 Å².